The maximum Gasteiger partial charge on any atom is 0.246 e. The topological polar surface area (TPSA) is 68.0 Å². The van der Waals surface area contributed by atoms with Crippen molar-refractivity contribution in [3.63, 3.8) is 0 Å². The van der Waals surface area contributed by atoms with E-state index in [2.05, 4.69) is 15.5 Å². The van der Waals surface area contributed by atoms with Crippen LogP contribution in [0.4, 0.5) is 4.39 Å². The number of amides is 1. The molecule has 0 unspecified atom stereocenters. The molecule has 1 aromatic carbocycles. The second kappa shape index (κ2) is 5.03. The highest BCUT2D eigenvalue weighted by Crippen LogP contribution is 2.47. The Bertz CT molecular complexity index is 641. The molecule has 1 amide bonds. The van der Waals surface area contributed by atoms with Crippen LogP contribution in [-0.4, -0.2) is 16.0 Å². The van der Waals surface area contributed by atoms with Crippen LogP contribution in [0.25, 0.3) is 0 Å². The molecule has 20 heavy (non-hydrogen) atoms. The molecule has 1 aliphatic rings. The van der Waals surface area contributed by atoms with Crippen molar-refractivity contribution in [2.24, 2.45) is 5.92 Å². The van der Waals surface area contributed by atoms with Gasteiger partial charge in [-0.25, -0.2) is 4.39 Å². The Hall–Kier alpha value is -2.24. The minimum absolute atomic E-state index is 0.0601. The summed E-state index contributed by atoms with van der Waals surface area (Å²) < 4.78 is 18.0. The van der Waals surface area contributed by atoms with Gasteiger partial charge >= 0.3 is 0 Å². The summed E-state index contributed by atoms with van der Waals surface area (Å²) in [5.74, 6) is 0.609. The van der Waals surface area contributed by atoms with E-state index in [0.717, 1.165) is 12.0 Å². The Labute approximate surface area is 115 Å². The van der Waals surface area contributed by atoms with E-state index < -0.39 is 0 Å². The fraction of sp³-hybridized carbons (Fsp3) is 0.357. The summed E-state index contributed by atoms with van der Waals surface area (Å²) in [6.07, 6.45) is 0.748. The van der Waals surface area contributed by atoms with E-state index >= 15 is 0 Å². The van der Waals surface area contributed by atoms with Crippen LogP contribution in [0.3, 0.4) is 0 Å². The minimum atomic E-state index is -0.269. The third kappa shape index (κ3) is 2.68. The number of aromatic nitrogens is 2. The predicted molar refractivity (Wildman–Crippen MR) is 68.1 cm³/mol. The summed E-state index contributed by atoms with van der Waals surface area (Å²) >= 11 is 0. The number of benzene rings is 1. The zero-order valence-electron chi connectivity index (χ0n) is 11.0. The molecule has 0 spiro atoms. The van der Waals surface area contributed by atoms with Crippen molar-refractivity contribution in [1.29, 1.82) is 0 Å². The Morgan fingerprint density at radius 2 is 2.40 bits per heavy atom. The lowest BCUT2D eigenvalue weighted by atomic mass is 10.1. The third-order valence-electron chi connectivity index (χ3n) is 3.39. The van der Waals surface area contributed by atoms with E-state index in [1.165, 1.54) is 12.1 Å². The minimum Gasteiger partial charge on any atom is -0.347 e. The van der Waals surface area contributed by atoms with E-state index in [-0.39, 0.29) is 30.1 Å². The molecule has 5 nitrogen and oxygen atoms in total. The fourth-order valence-corrected chi connectivity index (χ4v) is 2.30. The van der Waals surface area contributed by atoms with Crippen molar-refractivity contribution in [1.82, 2.24) is 15.5 Å². The number of hydrogen-bond donors (Lipinski definition) is 1. The van der Waals surface area contributed by atoms with Crippen molar-refractivity contribution >= 4 is 5.91 Å². The lowest BCUT2D eigenvalue weighted by molar-refractivity contribution is -0.122. The molecule has 3 rings (SSSR count). The van der Waals surface area contributed by atoms with Crippen LogP contribution in [0.15, 0.2) is 28.8 Å². The van der Waals surface area contributed by atoms with E-state index in [0.29, 0.717) is 11.7 Å². The highest BCUT2D eigenvalue weighted by atomic mass is 19.1. The van der Waals surface area contributed by atoms with Crippen LogP contribution < -0.4 is 5.32 Å². The van der Waals surface area contributed by atoms with Crippen molar-refractivity contribution in [3.8, 4) is 0 Å². The number of nitrogens with zero attached hydrogens (tertiary/aromatic N) is 2. The normalized spacial score (nSPS) is 20.7. The molecular weight excluding hydrogens is 261 g/mol. The number of hydrogen-bond acceptors (Lipinski definition) is 4. The van der Waals surface area contributed by atoms with Gasteiger partial charge < -0.3 is 9.84 Å². The molecular formula is C14H14FN3O2. The quantitative estimate of drug-likeness (QED) is 0.925. The summed E-state index contributed by atoms with van der Waals surface area (Å²) in [6.45, 7) is 1.95. The van der Waals surface area contributed by atoms with Crippen molar-refractivity contribution < 1.29 is 13.7 Å². The molecule has 2 aromatic rings. The molecule has 0 radical (unpaired) electrons. The van der Waals surface area contributed by atoms with Crippen LogP contribution in [0.5, 0.6) is 0 Å². The first kappa shape index (κ1) is 12.8. The van der Waals surface area contributed by atoms with E-state index in [4.69, 9.17) is 4.52 Å². The van der Waals surface area contributed by atoms with Gasteiger partial charge in [-0.1, -0.05) is 17.3 Å². The number of rotatable bonds is 4. The molecule has 0 aliphatic heterocycles. The lowest BCUT2D eigenvalue weighted by Gasteiger charge is -2.02. The van der Waals surface area contributed by atoms with Gasteiger partial charge in [-0.2, -0.15) is 4.98 Å². The van der Waals surface area contributed by atoms with Crippen LogP contribution in [-0.2, 0) is 11.3 Å². The highest BCUT2D eigenvalue weighted by molar-refractivity contribution is 5.82. The Kier molecular flexibility index (Phi) is 3.22. The smallest absolute Gasteiger partial charge is 0.246 e. The maximum atomic E-state index is 13.1. The van der Waals surface area contributed by atoms with Crippen LogP contribution in [0.2, 0.25) is 0 Å². The Morgan fingerprint density at radius 1 is 1.55 bits per heavy atom. The highest BCUT2D eigenvalue weighted by Gasteiger charge is 2.43. The number of nitrogens with one attached hydrogen (secondary N) is 1. The van der Waals surface area contributed by atoms with Gasteiger partial charge in [0, 0.05) is 5.92 Å². The average molecular weight is 275 g/mol. The lowest BCUT2D eigenvalue weighted by Crippen LogP contribution is -2.25. The molecule has 1 heterocycles. The Balaban J connectivity index is 1.55. The molecule has 104 valence electrons. The number of halogens is 1. The van der Waals surface area contributed by atoms with Crippen molar-refractivity contribution in [2.45, 2.75) is 25.8 Å². The first-order valence-corrected chi connectivity index (χ1v) is 6.46. The van der Waals surface area contributed by atoms with Gasteiger partial charge in [0.1, 0.15) is 5.82 Å². The van der Waals surface area contributed by atoms with E-state index in [1.807, 2.05) is 6.07 Å². The third-order valence-corrected chi connectivity index (χ3v) is 3.39. The number of carbonyl (C=O) groups is 1. The Morgan fingerprint density at radius 3 is 3.10 bits per heavy atom. The maximum absolute atomic E-state index is 13.1. The monoisotopic (exact) mass is 275 g/mol. The molecule has 2 atom stereocenters. The SMILES string of the molecule is Cc1noc(CNC(=O)[C@H]2C[C@H]2c2cccc(F)c2)n1. The first-order chi connectivity index (χ1) is 9.63. The van der Waals surface area contributed by atoms with Gasteiger partial charge in [-0.3, -0.25) is 4.79 Å². The standard InChI is InChI=1S/C14H14FN3O2/c1-8-17-13(20-18-8)7-16-14(19)12-6-11(12)9-3-2-4-10(15)5-9/h2-5,11-12H,6-7H2,1H3,(H,16,19)/t11-,12-/m0/s1. The predicted octanol–water partition coefficient (Wildman–Crippen LogP) is 1.94. The van der Waals surface area contributed by atoms with Gasteiger partial charge in [0.05, 0.1) is 6.54 Å². The van der Waals surface area contributed by atoms with E-state index in [1.54, 1.807) is 13.0 Å². The van der Waals surface area contributed by atoms with Gasteiger partial charge in [0.15, 0.2) is 5.82 Å². The molecule has 1 N–H and O–H groups in total. The zero-order valence-corrected chi connectivity index (χ0v) is 11.0. The second-order valence-corrected chi connectivity index (χ2v) is 4.96. The second-order valence-electron chi connectivity index (χ2n) is 4.96. The summed E-state index contributed by atoms with van der Waals surface area (Å²) in [6, 6.07) is 6.40. The number of carbonyl (C=O) groups excluding carboxylic acids is 1. The van der Waals surface area contributed by atoms with Crippen molar-refractivity contribution in [3.05, 3.63) is 47.4 Å². The van der Waals surface area contributed by atoms with Gasteiger partial charge in [0.25, 0.3) is 0 Å². The number of aryl methyl sites for hydroxylation is 1. The summed E-state index contributed by atoms with van der Waals surface area (Å²) in [4.78, 5) is 16.0. The average Bonchev–Trinajstić information content (AvgIpc) is 3.13. The molecule has 1 saturated carbocycles. The molecule has 1 fully saturated rings. The van der Waals surface area contributed by atoms with Crippen molar-refractivity contribution in [2.75, 3.05) is 0 Å². The molecule has 0 saturated heterocycles. The summed E-state index contributed by atoms with van der Waals surface area (Å²) in [5.41, 5.74) is 0.874. The van der Waals surface area contributed by atoms with Gasteiger partial charge in [0.2, 0.25) is 11.8 Å². The summed E-state index contributed by atoms with van der Waals surface area (Å²) in [5, 5.41) is 6.41. The van der Waals surface area contributed by atoms with Crippen LogP contribution >= 0.6 is 0 Å². The largest absolute Gasteiger partial charge is 0.347 e. The first-order valence-electron chi connectivity index (χ1n) is 6.46. The fourth-order valence-electron chi connectivity index (χ4n) is 2.30. The molecule has 1 aromatic heterocycles. The van der Waals surface area contributed by atoms with Gasteiger partial charge in [-0.15, -0.1) is 0 Å². The summed E-state index contributed by atoms with van der Waals surface area (Å²) in [7, 11) is 0. The molecule has 1 aliphatic carbocycles. The molecule has 0 bridgehead atoms. The van der Waals surface area contributed by atoms with Crippen LogP contribution in [0, 0.1) is 18.7 Å². The zero-order chi connectivity index (χ0) is 14.1. The molecule has 6 heteroatoms. The van der Waals surface area contributed by atoms with Crippen LogP contribution in [0.1, 0.15) is 29.6 Å². The van der Waals surface area contributed by atoms with Gasteiger partial charge in [-0.05, 0) is 37.0 Å². The van der Waals surface area contributed by atoms with E-state index in [9.17, 15) is 9.18 Å².